The number of benzene rings is 4. The van der Waals surface area contributed by atoms with E-state index in [1.54, 1.807) is 36.4 Å². The van der Waals surface area contributed by atoms with Crippen molar-refractivity contribution in [2.75, 3.05) is 0 Å². The van der Waals surface area contributed by atoms with Gasteiger partial charge in [0.25, 0.3) is 17.1 Å². The highest BCUT2D eigenvalue weighted by Crippen LogP contribution is 2.80. The van der Waals surface area contributed by atoms with Crippen LogP contribution in [0.15, 0.2) is 111 Å². The van der Waals surface area contributed by atoms with Gasteiger partial charge in [0.1, 0.15) is 22.2 Å². The Balaban J connectivity index is 1.08. The molecule has 6 fully saturated rings. The van der Waals surface area contributed by atoms with E-state index in [4.69, 9.17) is 20.5 Å². The lowest BCUT2D eigenvalue weighted by molar-refractivity contribution is -0.385. The largest absolute Gasteiger partial charge is 0.269 e. The zero-order valence-electron chi connectivity index (χ0n) is 39.1. The Bertz CT molecular complexity index is 2700. The van der Waals surface area contributed by atoms with E-state index in [-0.39, 0.29) is 61.4 Å². The first-order chi connectivity index (χ1) is 31.9. The lowest BCUT2D eigenvalue weighted by Crippen LogP contribution is -2.46. The van der Waals surface area contributed by atoms with Crippen LogP contribution in [0.3, 0.4) is 0 Å². The first-order valence-electron chi connectivity index (χ1n) is 24.4. The Labute approximate surface area is 390 Å². The predicted octanol–water partition coefficient (Wildman–Crippen LogP) is 13.4. The second kappa shape index (κ2) is 13.7. The number of nitro benzene ring substituents is 3. The summed E-state index contributed by atoms with van der Waals surface area (Å²) in [5.41, 5.74) is 2.43. The van der Waals surface area contributed by atoms with Crippen LogP contribution in [-0.4, -0.2) is 14.8 Å². The number of nitrogens with zero attached hydrogens (tertiary/aromatic N) is 7. The fourth-order valence-corrected chi connectivity index (χ4v) is 17.5. The Hall–Kier alpha value is -5.72. The van der Waals surface area contributed by atoms with Crippen molar-refractivity contribution in [2.24, 2.45) is 72.2 Å². The first kappa shape index (κ1) is 42.6. The van der Waals surface area contributed by atoms with Crippen molar-refractivity contribution < 1.29 is 14.8 Å². The molecule has 12 rings (SSSR count). The quantitative estimate of drug-likeness (QED) is 0.119. The molecular weight excluding hydrogens is 843 g/mol. The summed E-state index contributed by atoms with van der Waals surface area (Å²) < 4.78 is 0. The van der Waals surface area contributed by atoms with Crippen LogP contribution in [0.25, 0.3) is 0 Å². The van der Waals surface area contributed by atoms with Gasteiger partial charge in [0.05, 0.1) is 14.8 Å². The molecule has 8 aliphatic rings. The normalized spacial score (nSPS) is 36.7. The van der Waals surface area contributed by atoms with Gasteiger partial charge in [-0.3, -0.25) is 30.3 Å². The SMILES string of the molecule is CC1(C)[C](c2ccc([N+](=O)[O-])cc2)C2CCCC2[C]1c1cc(C23N=NC(c4ccc([N+](=O)[O-])cc4)(C4CCCC42)C3(C)C)cc(C23N=NC(c4ccc([N+](=O)[O-])cc4)(C4CCCC42)C3(C)C)c1. The van der Waals surface area contributed by atoms with Crippen molar-refractivity contribution in [3.63, 3.8) is 0 Å². The molecular formula is C54H57N7O6. The van der Waals surface area contributed by atoms with Crippen LogP contribution in [0, 0.1) is 93.9 Å². The maximum atomic E-state index is 11.9. The van der Waals surface area contributed by atoms with Crippen LogP contribution >= 0.6 is 0 Å². The van der Waals surface area contributed by atoms with Gasteiger partial charge in [-0.15, -0.1) is 0 Å². The smallest absolute Gasteiger partial charge is 0.258 e. The van der Waals surface area contributed by atoms with Gasteiger partial charge >= 0.3 is 0 Å². The summed E-state index contributed by atoms with van der Waals surface area (Å²) in [6, 6.07) is 28.7. The number of hydrogen-bond acceptors (Lipinski definition) is 10. The average Bonchev–Trinajstić information content (AvgIpc) is 4.18. The minimum absolute atomic E-state index is 0.0583. The van der Waals surface area contributed by atoms with E-state index < -0.39 is 38.4 Å². The van der Waals surface area contributed by atoms with E-state index in [9.17, 15) is 30.3 Å². The Kier molecular flexibility index (Phi) is 8.72. The standard InChI is InChI=1S/C54H57N7O6/c1-48(2)46(31-16-22-37(23-17-31)59(62)63)40-10-7-11-41(40)47(48)32-28-35(53-44-14-8-12-42(44)51(55-57-53,49(53,3)4)33-18-24-38(25-19-33)60(64)65)30-36(29-32)54-45-15-9-13-43(45)52(56-58-54,50(54,5)6)34-20-26-39(27-21-34)61(66)67/h16-30,40-45H,7-15H2,1-6H3. The van der Waals surface area contributed by atoms with Crippen molar-refractivity contribution in [1.82, 2.24) is 0 Å². The number of rotatable bonds is 9. The van der Waals surface area contributed by atoms with Gasteiger partial charge in [-0.25, -0.2) is 0 Å². The highest BCUT2D eigenvalue weighted by atomic mass is 16.6. The number of fused-ring (bicyclic) bond motifs is 11. The Morgan fingerprint density at radius 3 is 1.09 bits per heavy atom. The van der Waals surface area contributed by atoms with E-state index >= 15 is 0 Å². The van der Waals surface area contributed by atoms with Gasteiger partial charge in [-0.05, 0) is 137 Å². The van der Waals surface area contributed by atoms with Gasteiger partial charge in [-0.1, -0.05) is 91.1 Å². The molecule has 344 valence electrons. The van der Waals surface area contributed by atoms with Gasteiger partial charge in [0.15, 0.2) is 0 Å². The van der Waals surface area contributed by atoms with E-state index in [0.717, 1.165) is 85.6 Å². The van der Waals surface area contributed by atoms with Crippen LogP contribution in [-0.2, 0) is 22.2 Å². The van der Waals surface area contributed by atoms with Crippen molar-refractivity contribution >= 4 is 17.1 Å². The molecule has 13 heteroatoms. The minimum atomic E-state index is -0.719. The summed E-state index contributed by atoms with van der Waals surface area (Å²) in [6.45, 7) is 14.0. The monoisotopic (exact) mass is 899 g/mol. The van der Waals surface area contributed by atoms with E-state index in [1.165, 1.54) is 17.4 Å². The van der Waals surface area contributed by atoms with Crippen LogP contribution in [0.4, 0.5) is 17.1 Å². The van der Waals surface area contributed by atoms with E-state index in [1.807, 2.05) is 36.4 Å². The molecule has 2 heterocycles. The van der Waals surface area contributed by atoms with E-state index in [0.29, 0.717) is 5.92 Å². The summed E-state index contributed by atoms with van der Waals surface area (Å²) in [4.78, 5) is 34.5. The molecule has 0 saturated heterocycles. The predicted molar refractivity (Wildman–Crippen MR) is 251 cm³/mol. The molecule has 2 aliphatic heterocycles. The molecule has 4 aromatic carbocycles. The summed E-state index contributed by atoms with van der Waals surface area (Å²) >= 11 is 0. The van der Waals surface area contributed by atoms with Crippen LogP contribution in [0.5, 0.6) is 0 Å². The fourth-order valence-electron chi connectivity index (χ4n) is 17.5. The van der Waals surface area contributed by atoms with Gasteiger partial charge in [0, 0.05) is 59.1 Å². The minimum Gasteiger partial charge on any atom is -0.258 e. The molecule has 10 unspecified atom stereocenters. The Morgan fingerprint density at radius 1 is 0.418 bits per heavy atom. The molecule has 6 aliphatic carbocycles. The van der Waals surface area contributed by atoms with Gasteiger partial charge in [0.2, 0.25) is 0 Å². The lowest BCUT2D eigenvalue weighted by atomic mass is 9.58. The van der Waals surface area contributed by atoms with E-state index in [2.05, 4.69) is 59.7 Å². The molecule has 0 amide bonds. The molecule has 6 saturated carbocycles. The summed E-state index contributed by atoms with van der Waals surface area (Å²) in [6.07, 6.45) is 9.27. The van der Waals surface area contributed by atoms with Crippen molar-refractivity contribution in [2.45, 2.75) is 121 Å². The number of non-ortho nitro benzene ring substituents is 3. The number of nitro groups is 3. The molecule has 10 atom stereocenters. The zero-order valence-corrected chi connectivity index (χ0v) is 39.1. The first-order valence-corrected chi connectivity index (χ1v) is 24.4. The topological polar surface area (TPSA) is 179 Å². The summed E-state index contributed by atoms with van der Waals surface area (Å²) in [5.74, 6) is 4.04. The number of hydrogen-bond donors (Lipinski definition) is 0. The fraction of sp³-hybridized carbons (Fsp3) is 0.519. The lowest BCUT2D eigenvalue weighted by Gasteiger charge is -2.45. The molecule has 13 nitrogen and oxygen atoms in total. The maximum Gasteiger partial charge on any atom is 0.269 e. The molecule has 2 radical (unpaired) electrons. The van der Waals surface area contributed by atoms with Gasteiger partial charge < -0.3 is 0 Å². The summed E-state index contributed by atoms with van der Waals surface area (Å²) in [7, 11) is 0. The second-order valence-electron chi connectivity index (χ2n) is 22.8. The highest BCUT2D eigenvalue weighted by molar-refractivity contribution is 5.59. The third-order valence-electron chi connectivity index (χ3n) is 19.9. The van der Waals surface area contributed by atoms with Crippen LogP contribution in [0.1, 0.15) is 133 Å². The number of azo groups is 2. The van der Waals surface area contributed by atoms with Crippen LogP contribution < -0.4 is 0 Å². The molecule has 0 spiro atoms. The van der Waals surface area contributed by atoms with Crippen LogP contribution in [0.2, 0.25) is 0 Å². The van der Waals surface area contributed by atoms with Crippen molar-refractivity contribution in [1.29, 1.82) is 0 Å². The third kappa shape index (κ3) is 4.91. The molecule has 4 aromatic rings. The third-order valence-corrected chi connectivity index (χ3v) is 19.9. The molecule has 0 aromatic heterocycles. The zero-order chi connectivity index (χ0) is 46.8. The molecule has 4 bridgehead atoms. The maximum absolute atomic E-state index is 11.9. The Morgan fingerprint density at radius 2 is 0.731 bits per heavy atom. The average molecular weight is 900 g/mol. The summed E-state index contributed by atoms with van der Waals surface area (Å²) in [5, 5.41) is 57.6. The second-order valence-corrected chi connectivity index (χ2v) is 22.8. The van der Waals surface area contributed by atoms with Crippen molar-refractivity contribution in [3.05, 3.63) is 167 Å². The molecule has 0 N–H and O–H groups in total. The molecule has 67 heavy (non-hydrogen) atoms. The highest BCUT2D eigenvalue weighted by Gasteiger charge is 2.80. The van der Waals surface area contributed by atoms with Crippen molar-refractivity contribution in [3.8, 4) is 0 Å². The van der Waals surface area contributed by atoms with Gasteiger partial charge in [-0.2, -0.15) is 20.5 Å².